The summed E-state index contributed by atoms with van der Waals surface area (Å²) in [6.45, 7) is 6.43. The summed E-state index contributed by atoms with van der Waals surface area (Å²) >= 11 is 0. The first kappa shape index (κ1) is 76.1. The summed E-state index contributed by atoms with van der Waals surface area (Å²) in [4.78, 5) is 38.4. The van der Waals surface area contributed by atoms with E-state index in [1.807, 2.05) is 0 Å². The lowest BCUT2D eigenvalue weighted by Crippen LogP contribution is -2.30. The van der Waals surface area contributed by atoms with E-state index in [0.29, 0.717) is 19.3 Å². The second kappa shape index (κ2) is 67.6. The molecular weight excluding hydrogens is 985 g/mol. The summed E-state index contributed by atoms with van der Waals surface area (Å²) in [5, 5.41) is 0. The molecular formula is C74H126O6. The van der Waals surface area contributed by atoms with Gasteiger partial charge in [0.15, 0.2) is 6.10 Å². The number of hydrogen-bond donors (Lipinski definition) is 0. The van der Waals surface area contributed by atoms with Gasteiger partial charge < -0.3 is 14.2 Å². The Labute approximate surface area is 495 Å². The zero-order valence-electron chi connectivity index (χ0n) is 52.6. The van der Waals surface area contributed by atoms with Crippen LogP contribution in [0.15, 0.2) is 109 Å². The lowest BCUT2D eigenvalue weighted by atomic mass is 10.0. The molecule has 0 N–H and O–H groups in total. The van der Waals surface area contributed by atoms with Gasteiger partial charge in [-0.05, 0) is 103 Å². The number of rotatable bonds is 61. The van der Waals surface area contributed by atoms with Crippen LogP contribution in [0.5, 0.6) is 0 Å². The van der Waals surface area contributed by atoms with Crippen molar-refractivity contribution in [2.45, 2.75) is 329 Å². The Bertz CT molecular complexity index is 1610. The molecule has 1 unspecified atom stereocenters. The molecule has 0 aromatic rings. The second-order valence-electron chi connectivity index (χ2n) is 22.3. The minimum atomic E-state index is -0.794. The van der Waals surface area contributed by atoms with Crippen LogP contribution >= 0.6 is 0 Å². The summed E-state index contributed by atoms with van der Waals surface area (Å²) in [6.07, 6.45) is 92.5. The van der Waals surface area contributed by atoms with Gasteiger partial charge >= 0.3 is 17.9 Å². The molecule has 6 nitrogen and oxygen atoms in total. The van der Waals surface area contributed by atoms with Crippen LogP contribution in [0.25, 0.3) is 0 Å². The number of allylic oxidation sites excluding steroid dienone is 18. The van der Waals surface area contributed by atoms with E-state index in [4.69, 9.17) is 14.2 Å². The molecule has 0 aromatic heterocycles. The molecule has 0 fully saturated rings. The molecule has 0 spiro atoms. The van der Waals surface area contributed by atoms with Crippen LogP contribution in [-0.2, 0) is 28.6 Å². The van der Waals surface area contributed by atoms with E-state index in [2.05, 4.69) is 130 Å². The lowest BCUT2D eigenvalue weighted by Gasteiger charge is -2.18. The SMILES string of the molecule is CC/C=C\C/C=C\C/C=C\C/C=C\C/C=C\C/C=C\CCCCCCCCC(=O)OCC(COC(=O)CCCCCCC/C=C\C/C=C\C/C=C\CC)OC(=O)CCCCCCCCCCCCCCCCCCCCCCCC. The average Bonchev–Trinajstić information content (AvgIpc) is 3.46. The van der Waals surface area contributed by atoms with Crippen molar-refractivity contribution in [2.75, 3.05) is 13.2 Å². The summed E-state index contributed by atoms with van der Waals surface area (Å²) in [5.41, 5.74) is 0. The Kier molecular flexibility index (Phi) is 64.3. The summed E-state index contributed by atoms with van der Waals surface area (Å²) in [5.74, 6) is -0.907. The molecule has 80 heavy (non-hydrogen) atoms. The molecule has 0 aliphatic carbocycles. The van der Waals surface area contributed by atoms with E-state index in [0.717, 1.165) is 148 Å². The van der Waals surface area contributed by atoms with Gasteiger partial charge in [-0.2, -0.15) is 0 Å². The number of carbonyl (C=O) groups is 3. The quantitative estimate of drug-likeness (QED) is 0.0261. The van der Waals surface area contributed by atoms with E-state index >= 15 is 0 Å². The maximum absolute atomic E-state index is 13.0. The average molecular weight is 1110 g/mol. The van der Waals surface area contributed by atoms with E-state index in [-0.39, 0.29) is 31.1 Å². The molecule has 0 aliphatic rings. The fraction of sp³-hybridized carbons (Fsp3) is 0.716. The van der Waals surface area contributed by atoms with Crippen LogP contribution < -0.4 is 0 Å². The maximum atomic E-state index is 13.0. The number of esters is 3. The van der Waals surface area contributed by atoms with Crippen molar-refractivity contribution in [3.05, 3.63) is 109 Å². The van der Waals surface area contributed by atoms with Gasteiger partial charge in [0.1, 0.15) is 13.2 Å². The molecule has 0 bridgehead atoms. The van der Waals surface area contributed by atoms with Gasteiger partial charge in [-0.3, -0.25) is 14.4 Å². The third kappa shape index (κ3) is 64.9. The van der Waals surface area contributed by atoms with E-state index in [1.54, 1.807) is 0 Å². The molecule has 0 aliphatic heterocycles. The van der Waals surface area contributed by atoms with Crippen LogP contribution in [0, 0.1) is 0 Å². The third-order valence-corrected chi connectivity index (χ3v) is 14.5. The third-order valence-electron chi connectivity index (χ3n) is 14.5. The van der Waals surface area contributed by atoms with Crippen LogP contribution in [0.1, 0.15) is 323 Å². The Morgan fingerprint density at radius 3 is 0.762 bits per heavy atom. The standard InChI is InChI=1S/C74H126O6/c1-4-7-10-13-16-19-22-25-28-30-32-34-36-37-38-40-41-43-46-49-52-55-58-61-64-67-73(76)79-70-71(69-78-72(75)66-63-60-57-54-51-48-45-27-24-21-18-15-12-9-6-3)80-74(77)68-65-62-59-56-53-50-47-44-42-39-35-33-31-29-26-23-20-17-14-11-8-5-2/h7,9-10,12,16,18-19,21,25,27-28,32,34,37-38,41,43,45,71H,4-6,8,11,13-15,17,20,22-24,26,29-31,33,35-36,39-40,42,44,46-70H2,1-3H3/b10-7-,12-9-,19-16-,21-18-,28-25-,34-32-,38-37-,43-41-,45-27-. The summed E-state index contributed by atoms with van der Waals surface area (Å²) in [6, 6.07) is 0. The highest BCUT2D eigenvalue weighted by Gasteiger charge is 2.19. The molecule has 6 heteroatoms. The normalized spacial score (nSPS) is 12.8. The zero-order valence-corrected chi connectivity index (χ0v) is 52.6. The van der Waals surface area contributed by atoms with E-state index < -0.39 is 6.10 Å². The van der Waals surface area contributed by atoms with Gasteiger partial charge in [0.05, 0.1) is 0 Å². The molecule has 0 radical (unpaired) electrons. The van der Waals surface area contributed by atoms with Crippen molar-refractivity contribution in [3.8, 4) is 0 Å². The molecule has 1 atom stereocenters. The van der Waals surface area contributed by atoms with Gasteiger partial charge in [0.2, 0.25) is 0 Å². The second-order valence-corrected chi connectivity index (χ2v) is 22.3. The summed E-state index contributed by atoms with van der Waals surface area (Å²) in [7, 11) is 0. The molecule has 0 aromatic carbocycles. The maximum Gasteiger partial charge on any atom is 0.306 e. The first-order valence-electron chi connectivity index (χ1n) is 33.9. The zero-order chi connectivity index (χ0) is 57.8. The van der Waals surface area contributed by atoms with Gasteiger partial charge in [-0.25, -0.2) is 0 Å². The van der Waals surface area contributed by atoms with E-state index in [9.17, 15) is 14.4 Å². The van der Waals surface area contributed by atoms with Gasteiger partial charge in [-0.15, -0.1) is 0 Å². The predicted molar refractivity (Wildman–Crippen MR) is 348 cm³/mol. The van der Waals surface area contributed by atoms with E-state index in [1.165, 1.54) is 135 Å². The van der Waals surface area contributed by atoms with Gasteiger partial charge in [0, 0.05) is 19.3 Å². The van der Waals surface area contributed by atoms with Crippen molar-refractivity contribution in [2.24, 2.45) is 0 Å². The fourth-order valence-electron chi connectivity index (χ4n) is 9.52. The highest BCUT2D eigenvalue weighted by molar-refractivity contribution is 5.71. The molecule has 0 amide bonds. The minimum Gasteiger partial charge on any atom is -0.462 e. The van der Waals surface area contributed by atoms with Crippen molar-refractivity contribution in [1.82, 2.24) is 0 Å². The van der Waals surface area contributed by atoms with Gasteiger partial charge in [0.25, 0.3) is 0 Å². The van der Waals surface area contributed by atoms with Crippen LogP contribution in [0.3, 0.4) is 0 Å². The van der Waals surface area contributed by atoms with Crippen molar-refractivity contribution in [1.29, 1.82) is 0 Å². The lowest BCUT2D eigenvalue weighted by molar-refractivity contribution is -0.167. The van der Waals surface area contributed by atoms with Gasteiger partial charge in [-0.1, -0.05) is 310 Å². The molecule has 0 heterocycles. The van der Waals surface area contributed by atoms with Crippen LogP contribution in [-0.4, -0.2) is 37.2 Å². The van der Waals surface area contributed by atoms with Crippen molar-refractivity contribution < 1.29 is 28.6 Å². The van der Waals surface area contributed by atoms with Crippen LogP contribution in [0.2, 0.25) is 0 Å². The first-order chi connectivity index (χ1) is 39.5. The minimum absolute atomic E-state index is 0.0904. The Hall–Kier alpha value is -3.93. The number of ether oxygens (including phenoxy) is 3. The fourth-order valence-corrected chi connectivity index (χ4v) is 9.52. The largest absolute Gasteiger partial charge is 0.462 e. The molecule has 0 saturated carbocycles. The molecule has 0 rings (SSSR count). The number of hydrogen-bond acceptors (Lipinski definition) is 6. The van der Waals surface area contributed by atoms with Crippen molar-refractivity contribution >= 4 is 17.9 Å². The topological polar surface area (TPSA) is 78.9 Å². The highest BCUT2D eigenvalue weighted by Crippen LogP contribution is 2.17. The number of carbonyl (C=O) groups excluding carboxylic acids is 3. The Morgan fingerprint density at radius 1 is 0.263 bits per heavy atom. The summed E-state index contributed by atoms with van der Waals surface area (Å²) < 4.78 is 17.0. The number of unbranched alkanes of at least 4 members (excludes halogenated alkanes) is 32. The van der Waals surface area contributed by atoms with Crippen LogP contribution in [0.4, 0.5) is 0 Å². The Balaban J connectivity index is 4.38. The Morgan fingerprint density at radius 2 is 0.487 bits per heavy atom. The van der Waals surface area contributed by atoms with Crippen molar-refractivity contribution in [3.63, 3.8) is 0 Å². The highest BCUT2D eigenvalue weighted by atomic mass is 16.6. The predicted octanol–water partition coefficient (Wildman–Crippen LogP) is 23.4. The first-order valence-corrected chi connectivity index (χ1v) is 33.9. The molecule has 458 valence electrons. The monoisotopic (exact) mass is 1110 g/mol. The molecule has 0 saturated heterocycles. The smallest absolute Gasteiger partial charge is 0.306 e.